The molecule has 0 spiro atoms. The van der Waals surface area contributed by atoms with Crippen LogP contribution in [0.15, 0.2) is 4.99 Å². The van der Waals surface area contributed by atoms with Gasteiger partial charge in [-0.05, 0) is 19.3 Å². The molecule has 0 N–H and O–H groups in total. The first kappa shape index (κ1) is 26.9. The number of quaternary nitrogens is 1. The molecule has 0 radical (unpaired) electrons. The number of hydrogen-bond donors (Lipinski definition) is 0. The van der Waals surface area contributed by atoms with Crippen molar-refractivity contribution in [1.82, 2.24) is 0 Å². The third-order valence-corrected chi connectivity index (χ3v) is 5.38. The molecule has 0 bridgehead atoms. The molecule has 0 aromatic rings. The van der Waals surface area contributed by atoms with Crippen molar-refractivity contribution in [2.75, 3.05) is 26.7 Å². The van der Waals surface area contributed by atoms with Crippen LogP contribution in [-0.4, -0.2) is 73.6 Å². The number of rotatable bonds is 4. The summed E-state index contributed by atoms with van der Waals surface area (Å²) >= 11 is 0. The Labute approximate surface area is 166 Å². The van der Waals surface area contributed by atoms with Gasteiger partial charge in [0.05, 0.1) is 20.1 Å². The Balaban J connectivity index is 0.000000321. The van der Waals surface area contributed by atoms with Crippen molar-refractivity contribution in [3.05, 3.63) is 0 Å². The first-order valence-electron chi connectivity index (χ1n) is 8.51. The van der Waals surface area contributed by atoms with Gasteiger partial charge in [-0.1, -0.05) is 0 Å². The molecule has 1 saturated heterocycles. The van der Waals surface area contributed by atoms with Crippen molar-refractivity contribution >= 4 is 16.0 Å². The Bertz CT molecular complexity index is 740. The summed E-state index contributed by atoms with van der Waals surface area (Å²) in [6.07, 6.45) is -13.8. The Morgan fingerprint density at radius 1 is 0.900 bits per heavy atom. The summed E-state index contributed by atoms with van der Waals surface area (Å²) in [5.74, 6) is 1.48. The fourth-order valence-corrected chi connectivity index (χ4v) is 3.19. The van der Waals surface area contributed by atoms with Gasteiger partial charge in [0.2, 0.25) is 0 Å². The zero-order chi connectivity index (χ0) is 23.6. The van der Waals surface area contributed by atoms with Crippen LogP contribution in [0, 0.1) is 0 Å². The molecule has 2 rings (SSSR count). The van der Waals surface area contributed by atoms with Crippen molar-refractivity contribution in [3.8, 4) is 0 Å². The normalized spacial score (nSPS) is 24.2. The third kappa shape index (κ3) is 5.97. The van der Waals surface area contributed by atoms with E-state index in [-0.39, 0.29) is 0 Å². The van der Waals surface area contributed by atoms with Crippen LogP contribution in [0.5, 0.6) is 0 Å². The molecule has 6 nitrogen and oxygen atoms in total. The van der Waals surface area contributed by atoms with Crippen molar-refractivity contribution in [2.24, 2.45) is 4.99 Å². The summed E-state index contributed by atoms with van der Waals surface area (Å²) in [5, 5.41) is -6.81. The van der Waals surface area contributed by atoms with Crippen molar-refractivity contribution in [2.45, 2.75) is 55.8 Å². The number of fused-ring (bicyclic) bond motifs is 1. The van der Waals surface area contributed by atoms with Crippen LogP contribution in [0.2, 0.25) is 0 Å². The van der Waals surface area contributed by atoms with Gasteiger partial charge >= 0.3 is 23.6 Å². The van der Waals surface area contributed by atoms with Gasteiger partial charge in [-0.25, -0.2) is 18.1 Å². The summed E-state index contributed by atoms with van der Waals surface area (Å²) in [5.41, 5.74) is 0. The predicted octanol–water partition coefficient (Wildman–Crippen LogP) is 3.70. The van der Waals surface area contributed by atoms with E-state index in [9.17, 15) is 52.5 Å². The number of nitrogens with zero attached hydrogens (tertiary/aromatic N) is 2. The quantitative estimate of drug-likeness (QED) is 0.348. The number of alkyl halides is 9. The lowest BCUT2D eigenvalue weighted by Crippen LogP contribution is -2.54. The molecule has 2 aliphatic heterocycles. The van der Waals surface area contributed by atoms with E-state index in [4.69, 9.17) is 0 Å². The Morgan fingerprint density at radius 2 is 1.43 bits per heavy atom. The summed E-state index contributed by atoms with van der Waals surface area (Å²) in [4.78, 5) is 4.67. The molecule has 1 atom stereocenters. The van der Waals surface area contributed by atoms with E-state index in [0.29, 0.717) is 0 Å². The zero-order valence-corrected chi connectivity index (χ0v) is 16.3. The highest BCUT2D eigenvalue weighted by molar-refractivity contribution is 7.86. The van der Waals surface area contributed by atoms with E-state index in [0.717, 1.165) is 6.54 Å². The second-order valence-electron chi connectivity index (χ2n) is 6.91. The van der Waals surface area contributed by atoms with E-state index in [1.165, 1.54) is 60.2 Å². The maximum Gasteiger partial charge on any atom is 0.483 e. The third-order valence-electron chi connectivity index (χ3n) is 4.52. The van der Waals surface area contributed by atoms with Crippen LogP contribution in [0.25, 0.3) is 0 Å². The van der Waals surface area contributed by atoms with Crippen LogP contribution in [0.1, 0.15) is 32.1 Å². The van der Waals surface area contributed by atoms with Gasteiger partial charge in [0, 0.05) is 19.4 Å². The topological polar surface area (TPSA) is 78.8 Å². The predicted molar refractivity (Wildman–Crippen MR) is 83.0 cm³/mol. The number of hydrogen-bond acceptors (Lipinski definition) is 5. The highest BCUT2D eigenvalue weighted by Crippen LogP contribution is 2.46. The SMILES string of the molecule is C[N+]12CCCCCC1=NCCC2.O=S(=O)([O-])C(F)(F)C(F)(F)OC(F)(F)C(F)(F)F. The molecule has 0 saturated carbocycles. The number of amidine groups is 1. The lowest BCUT2D eigenvalue weighted by atomic mass is 10.2. The molecule has 16 heteroatoms. The van der Waals surface area contributed by atoms with Crippen molar-refractivity contribution in [1.29, 1.82) is 0 Å². The van der Waals surface area contributed by atoms with E-state index in [2.05, 4.69) is 12.0 Å². The van der Waals surface area contributed by atoms with Crippen LogP contribution >= 0.6 is 0 Å². The maximum atomic E-state index is 12.2. The van der Waals surface area contributed by atoms with E-state index < -0.39 is 33.8 Å². The van der Waals surface area contributed by atoms with E-state index in [1.807, 2.05) is 0 Å². The summed E-state index contributed by atoms with van der Waals surface area (Å²) in [7, 11) is -4.87. The van der Waals surface area contributed by atoms with Gasteiger partial charge in [0.15, 0.2) is 16.0 Å². The zero-order valence-electron chi connectivity index (χ0n) is 15.5. The van der Waals surface area contributed by atoms with Gasteiger partial charge in [-0.3, -0.25) is 4.48 Å². The lowest BCUT2D eigenvalue weighted by molar-refractivity contribution is -0.824. The summed E-state index contributed by atoms with van der Waals surface area (Å²) in [6.45, 7) is 3.75. The smallest absolute Gasteiger partial charge is 0.483 e. The first-order valence-corrected chi connectivity index (χ1v) is 9.92. The Kier molecular flexibility index (Phi) is 7.88. The molecule has 178 valence electrons. The summed E-state index contributed by atoms with van der Waals surface area (Å²) < 4.78 is 138. The standard InChI is InChI=1S/C10H19N2.C4HF9O4S/c1-12-8-4-2-3-6-10(12)11-7-5-9-12;5-1(6,7)2(8,9)17-3(10,11)4(12,13)18(14,15)16/h2-9H2,1H3;(H,14,15,16)/q+1;/p-1. The molecule has 2 aliphatic rings. The Hall–Kier alpha value is -1.13. The highest BCUT2D eigenvalue weighted by Gasteiger charge is 2.72. The lowest BCUT2D eigenvalue weighted by Gasteiger charge is -2.35. The fourth-order valence-electron chi connectivity index (χ4n) is 2.86. The highest BCUT2D eigenvalue weighted by atomic mass is 32.2. The van der Waals surface area contributed by atoms with Gasteiger partial charge in [0.1, 0.15) is 0 Å². The molecular formula is C14H19F9N2O4S. The number of halogens is 9. The minimum absolute atomic E-state index is 1.09. The van der Waals surface area contributed by atoms with Crippen LogP contribution < -0.4 is 0 Å². The van der Waals surface area contributed by atoms with E-state index in [1.54, 1.807) is 0 Å². The number of ether oxygens (including phenoxy) is 1. The monoisotopic (exact) mass is 482 g/mol. The van der Waals surface area contributed by atoms with Crippen LogP contribution in [-0.2, 0) is 14.9 Å². The minimum atomic E-state index is -7.24. The average Bonchev–Trinajstić information content (AvgIpc) is 2.73. The fraction of sp³-hybridized carbons (Fsp3) is 0.929. The molecular weight excluding hydrogens is 463 g/mol. The average molecular weight is 482 g/mol. The minimum Gasteiger partial charge on any atom is -0.743 e. The van der Waals surface area contributed by atoms with Gasteiger partial charge in [-0.2, -0.15) is 39.5 Å². The van der Waals surface area contributed by atoms with Crippen molar-refractivity contribution < 1.29 is 61.7 Å². The first-order chi connectivity index (χ1) is 13.3. The van der Waals surface area contributed by atoms with Gasteiger partial charge < -0.3 is 4.55 Å². The maximum absolute atomic E-state index is 12.2. The van der Waals surface area contributed by atoms with Crippen molar-refractivity contribution in [3.63, 3.8) is 0 Å². The number of aliphatic imine (C=N–C) groups is 1. The second-order valence-corrected chi connectivity index (χ2v) is 8.33. The molecule has 0 aromatic heterocycles. The van der Waals surface area contributed by atoms with Gasteiger partial charge in [-0.15, -0.1) is 0 Å². The van der Waals surface area contributed by atoms with Gasteiger partial charge in [0.25, 0.3) is 0 Å². The van der Waals surface area contributed by atoms with E-state index >= 15 is 0 Å². The van der Waals surface area contributed by atoms with Crippen LogP contribution in [0.4, 0.5) is 39.5 Å². The van der Waals surface area contributed by atoms with Crippen LogP contribution in [0.3, 0.4) is 0 Å². The molecule has 0 aromatic carbocycles. The molecule has 1 fully saturated rings. The molecule has 0 aliphatic carbocycles. The molecule has 1 unspecified atom stereocenters. The molecule has 30 heavy (non-hydrogen) atoms. The Morgan fingerprint density at radius 3 is 1.93 bits per heavy atom. The largest absolute Gasteiger partial charge is 0.743 e. The molecule has 2 heterocycles. The second kappa shape index (κ2) is 8.78. The summed E-state index contributed by atoms with van der Waals surface area (Å²) in [6, 6.07) is 0. The molecule has 0 amide bonds.